The number of benzene rings is 2. The molecule has 98 valence electrons. The Morgan fingerprint density at radius 3 is 2.53 bits per heavy atom. The Morgan fingerprint density at radius 1 is 1.00 bits per heavy atom. The average molecular weight is 293 g/mol. The summed E-state index contributed by atoms with van der Waals surface area (Å²) in [5, 5.41) is 0.824. The largest absolute Gasteiger partial charge is 0.485 e. The van der Waals surface area contributed by atoms with Gasteiger partial charge in [0, 0.05) is 16.8 Å². The SMILES string of the molecule is Clc1ccc([C@H]2C[C@@H](Cl)Cc3ccccc3O2)cc1. The molecule has 0 N–H and O–H groups in total. The first-order chi connectivity index (χ1) is 9.22. The molecule has 19 heavy (non-hydrogen) atoms. The van der Waals surface area contributed by atoms with Crippen LogP contribution in [0.1, 0.15) is 23.7 Å². The van der Waals surface area contributed by atoms with Crippen LogP contribution in [0.15, 0.2) is 48.5 Å². The van der Waals surface area contributed by atoms with E-state index in [1.54, 1.807) is 0 Å². The summed E-state index contributed by atoms with van der Waals surface area (Å²) >= 11 is 12.3. The molecular formula is C16H14Cl2O. The van der Waals surface area contributed by atoms with E-state index in [0.717, 1.165) is 29.2 Å². The van der Waals surface area contributed by atoms with Crippen molar-refractivity contribution in [2.24, 2.45) is 0 Å². The van der Waals surface area contributed by atoms with Gasteiger partial charge in [0.1, 0.15) is 11.9 Å². The molecule has 0 aliphatic carbocycles. The zero-order valence-corrected chi connectivity index (χ0v) is 11.9. The van der Waals surface area contributed by atoms with E-state index in [-0.39, 0.29) is 11.5 Å². The molecule has 0 spiro atoms. The standard InChI is InChI=1S/C16H14Cl2O/c17-13-7-5-11(6-8-13)16-10-14(18)9-12-3-1-2-4-15(12)19-16/h1-8,14,16H,9-10H2/t14-,16+/m0/s1. The van der Waals surface area contributed by atoms with Crippen LogP contribution in [0, 0.1) is 0 Å². The quantitative estimate of drug-likeness (QED) is 0.671. The highest BCUT2D eigenvalue weighted by Crippen LogP contribution is 2.35. The molecule has 2 atom stereocenters. The summed E-state index contributed by atoms with van der Waals surface area (Å²) in [6.07, 6.45) is 1.64. The third-order valence-electron chi connectivity index (χ3n) is 3.39. The van der Waals surface area contributed by atoms with Crippen molar-refractivity contribution in [1.82, 2.24) is 0 Å². The molecule has 3 rings (SSSR count). The number of hydrogen-bond acceptors (Lipinski definition) is 1. The van der Waals surface area contributed by atoms with Gasteiger partial charge in [-0.3, -0.25) is 0 Å². The molecule has 1 heterocycles. The van der Waals surface area contributed by atoms with Crippen LogP contribution in [0.2, 0.25) is 5.02 Å². The second-order valence-corrected chi connectivity index (χ2v) is 5.86. The minimum atomic E-state index is -0.0107. The number of para-hydroxylation sites is 1. The molecule has 1 nitrogen and oxygen atoms in total. The molecule has 0 fully saturated rings. The van der Waals surface area contributed by atoms with Crippen molar-refractivity contribution in [3.63, 3.8) is 0 Å². The van der Waals surface area contributed by atoms with E-state index in [9.17, 15) is 0 Å². The second kappa shape index (κ2) is 5.44. The maximum absolute atomic E-state index is 6.42. The van der Waals surface area contributed by atoms with Gasteiger partial charge in [0.25, 0.3) is 0 Å². The molecule has 0 radical (unpaired) electrons. The summed E-state index contributed by atoms with van der Waals surface area (Å²) in [5.74, 6) is 0.936. The fourth-order valence-corrected chi connectivity index (χ4v) is 2.88. The summed E-state index contributed by atoms with van der Waals surface area (Å²) in [5.41, 5.74) is 2.30. The van der Waals surface area contributed by atoms with E-state index >= 15 is 0 Å². The Morgan fingerprint density at radius 2 is 1.74 bits per heavy atom. The number of alkyl halides is 1. The fraction of sp³-hybridized carbons (Fsp3) is 0.250. The number of rotatable bonds is 1. The molecule has 2 aromatic rings. The number of hydrogen-bond donors (Lipinski definition) is 0. The van der Waals surface area contributed by atoms with E-state index in [2.05, 4.69) is 6.07 Å². The van der Waals surface area contributed by atoms with Crippen molar-refractivity contribution in [3.05, 3.63) is 64.7 Å². The van der Waals surface area contributed by atoms with Gasteiger partial charge in [-0.1, -0.05) is 41.9 Å². The number of ether oxygens (including phenoxy) is 1. The first kappa shape index (κ1) is 12.8. The van der Waals surface area contributed by atoms with Crippen LogP contribution in [-0.2, 0) is 6.42 Å². The summed E-state index contributed by atoms with van der Waals surface area (Å²) in [6.45, 7) is 0. The van der Waals surface area contributed by atoms with Gasteiger partial charge in [0.05, 0.1) is 0 Å². The van der Waals surface area contributed by atoms with Gasteiger partial charge in [0.2, 0.25) is 0 Å². The van der Waals surface area contributed by atoms with Crippen molar-refractivity contribution in [2.75, 3.05) is 0 Å². The Kier molecular flexibility index (Phi) is 3.67. The van der Waals surface area contributed by atoms with E-state index in [1.165, 1.54) is 5.56 Å². The van der Waals surface area contributed by atoms with Gasteiger partial charge in [-0.15, -0.1) is 11.6 Å². The highest BCUT2D eigenvalue weighted by atomic mass is 35.5. The van der Waals surface area contributed by atoms with Crippen LogP contribution in [-0.4, -0.2) is 5.38 Å². The zero-order valence-electron chi connectivity index (χ0n) is 10.4. The van der Waals surface area contributed by atoms with Crippen LogP contribution in [0.25, 0.3) is 0 Å². The minimum absolute atomic E-state index is 0.0107. The zero-order chi connectivity index (χ0) is 13.2. The van der Waals surface area contributed by atoms with Crippen molar-refractivity contribution < 1.29 is 4.74 Å². The predicted octanol–water partition coefficient (Wildman–Crippen LogP) is 5.01. The van der Waals surface area contributed by atoms with Gasteiger partial charge < -0.3 is 4.74 Å². The molecule has 2 aromatic carbocycles. The van der Waals surface area contributed by atoms with Gasteiger partial charge in [-0.2, -0.15) is 0 Å². The molecule has 3 heteroatoms. The fourth-order valence-electron chi connectivity index (χ4n) is 2.42. The van der Waals surface area contributed by atoms with Gasteiger partial charge in [-0.25, -0.2) is 0 Å². The summed E-state index contributed by atoms with van der Waals surface area (Å²) in [7, 11) is 0. The maximum atomic E-state index is 6.42. The first-order valence-corrected chi connectivity index (χ1v) is 7.18. The lowest BCUT2D eigenvalue weighted by Crippen LogP contribution is -2.11. The van der Waals surface area contributed by atoms with Crippen molar-refractivity contribution >= 4 is 23.2 Å². The van der Waals surface area contributed by atoms with E-state index in [4.69, 9.17) is 27.9 Å². The van der Waals surface area contributed by atoms with Gasteiger partial charge in [-0.05, 0) is 35.7 Å². The monoisotopic (exact) mass is 292 g/mol. The molecule has 0 aromatic heterocycles. The third kappa shape index (κ3) is 2.88. The summed E-state index contributed by atoms with van der Waals surface area (Å²) < 4.78 is 6.13. The van der Waals surface area contributed by atoms with Gasteiger partial charge in [0.15, 0.2) is 0 Å². The summed E-state index contributed by atoms with van der Waals surface area (Å²) in [6, 6.07) is 15.9. The molecule has 0 saturated carbocycles. The van der Waals surface area contributed by atoms with Gasteiger partial charge >= 0.3 is 0 Å². The van der Waals surface area contributed by atoms with E-state index in [1.807, 2.05) is 42.5 Å². The van der Waals surface area contributed by atoms with Crippen molar-refractivity contribution in [2.45, 2.75) is 24.3 Å². The van der Waals surface area contributed by atoms with Crippen molar-refractivity contribution in [1.29, 1.82) is 0 Å². The predicted molar refractivity (Wildman–Crippen MR) is 79.2 cm³/mol. The second-order valence-electron chi connectivity index (χ2n) is 4.80. The first-order valence-electron chi connectivity index (χ1n) is 6.36. The highest BCUT2D eigenvalue weighted by molar-refractivity contribution is 6.30. The van der Waals surface area contributed by atoms with Crippen LogP contribution >= 0.6 is 23.2 Å². The van der Waals surface area contributed by atoms with Crippen LogP contribution in [0.4, 0.5) is 0 Å². The number of halogens is 2. The lowest BCUT2D eigenvalue weighted by Gasteiger charge is -2.18. The normalized spacial score (nSPS) is 22.2. The smallest absolute Gasteiger partial charge is 0.125 e. The topological polar surface area (TPSA) is 9.23 Å². The van der Waals surface area contributed by atoms with E-state index < -0.39 is 0 Å². The van der Waals surface area contributed by atoms with Crippen LogP contribution in [0.5, 0.6) is 5.75 Å². The Balaban J connectivity index is 1.93. The molecule has 0 saturated heterocycles. The lowest BCUT2D eigenvalue weighted by molar-refractivity contribution is 0.201. The van der Waals surface area contributed by atoms with Crippen LogP contribution < -0.4 is 4.74 Å². The molecule has 0 bridgehead atoms. The minimum Gasteiger partial charge on any atom is -0.485 e. The molecule has 0 amide bonds. The average Bonchev–Trinajstić information content (AvgIpc) is 2.57. The Bertz CT molecular complexity index is 565. The molecule has 0 unspecified atom stereocenters. The highest BCUT2D eigenvalue weighted by Gasteiger charge is 2.24. The van der Waals surface area contributed by atoms with E-state index in [0.29, 0.717) is 0 Å². The molecule has 1 aliphatic heterocycles. The Hall–Kier alpha value is -1.18. The lowest BCUT2D eigenvalue weighted by atomic mass is 10.0. The number of fused-ring (bicyclic) bond motifs is 1. The molecular weight excluding hydrogens is 279 g/mol. The maximum Gasteiger partial charge on any atom is 0.125 e. The van der Waals surface area contributed by atoms with Crippen molar-refractivity contribution in [3.8, 4) is 5.75 Å². The van der Waals surface area contributed by atoms with Crippen LogP contribution in [0.3, 0.4) is 0 Å². The third-order valence-corrected chi connectivity index (χ3v) is 3.98. The molecule has 1 aliphatic rings. The summed E-state index contributed by atoms with van der Waals surface area (Å²) in [4.78, 5) is 0. The Labute approximate surface area is 123 Å².